The van der Waals surface area contributed by atoms with Gasteiger partial charge in [0.1, 0.15) is 5.82 Å². The van der Waals surface area contributed by atoms with E-state index in [2.05, 4.69) is 15.3 Å². The Hall–Kier alpha value is -3.29. The molecule has 2 aromatic rings. The van der Waals surface area contributed by atoms with Crippen molar-refractivity contribution in [2.75, 3.05) is 12.4 Å². The number of ether oxygens (including phenoxy) is 1. The van der Waals surface area contributed by atoms with Crippen molar-refractivity contribution in [1.29, 1.82) is 0 Å². The lowest BCUT2D eigenvalue weighted by Gasteiger charge is -2.39. The van der Waals surface area contributed by atoms with Gasteiger partial charge >= 0.3 is 5.69 Å². The number of carbonyl (C=O) groups is 1. The number of Topliss-reactive ketones (excluding diaryl/α,β-unsaturated/α-hetero) is 1. The highest BCUT2D eigenvalue weighted by Crippen LogP contribution is 2.49. The van der Waals surface area contributed by atoms with Crippen molar-refractivity contribution in [2.45, 2.75) is 32.6 Å². The molecule has 0 saturated heterocycles. The first-order valence-electron chi connectivity index (χ1n) is 8.97. The van der Waals surface area contributed by atoms with Gasteiger partial charge in [0.15, 0.2) is 17.3 Å². The van der Waals surface area contributed by atoms with Crippen molar-refractivity contribution in [2.24, 2.45) is 5.41 Å². The van der Waals surface area contributed by atoms with E-state index in [0.29, 0.717) is 29.7 Å². The minimum atomic E-state index is -0.647. The topological polar surface area (TPSA) is 124 Å². The fourth-order valence-corrected chi connectivity index (χ4v) is 4.18. The number of benzene rings is 1. The number of phenolic OH excluding ortho intramolecular Hbond substituents is 1. The zero-order valence-corrected chi connectivity index (χ0v) is 15.8. The van der Waals surface area contributed by atoms with E-state index >= 15 is 0 Å². The van der Waals surface area contributed by atoms with Gasteiger partial charge in [-0.05, 0) is 35.1 Å². The van der Waals surface area contributed by atoms with E-state index in [4.69, 9.17) is 4.74 Å². The molecule has 8 nitrogen and oxygen atoms in total. The molecule has 0 saturated carbocycles. The smallest absolute Gasteiger partial charge is 0.327 e. The Morgan fingerprint density at radius 2 is 1.89 bits per heavy atom. The van der Waals surface area contributed by atoms with Crippen LogP contribution >= 0.6 is 0 Å². The van der Waals surface area contributed by atoms with E-state index in [0.717, 1.165) is 5.57 Å². The van der Waals surface area contributed by atoms with E-state index < -0.39 is 17.2 Å². The number of aromatic amines is 2. The molecular formula is C20H21N3O5. The summed E-state index contributed by atoms with van der Waals surface area (Å²) >= 11 is 0. The van der Waals surface area contributed by atoms with Gasteiger partial charge < -0.3 is 15.2 Å². The Morgan fingerprint density at radius 3 is 2.61 bits per heavy atom. The van der Waals surface area contributed by atoms with Crippen LogP contribution in [0.25, 0.3) is 0 Å². The van der Waals surface area contributed by atoms with Crippen molar-refractivity contribution in [3.05, 3.63) is 61.4 Å². The van der Waals surface area contributed by atoms with Crippen LogP contribution < -0.4 is 21.3 Å². The van der Waals surface area contributed by atoms with Gasteiger partial charge in [0.05, 0.1) is 18.4 Å². The molecule has 146 valence electrons. The number of methoxy groups -OCH3 is 1. The van der Waals surface area contributed by atoms with Crippen molar-refractivity contribution in [1.82, 2.24) is 9.97 Å². The van der Waals surface area contributed by atoms with Crippen molar-refractivity contribution >= 4 is 11.6 Å². The number of nitrogens with one attached hydrogen (secondary N) is 3. The van der Waals surface area contributed by atoms with Gasteiger partial charge in [-0.25, -0.2) is 4.79 Å². The summed E-state index contributed by atoms with van der Waals surface area (Å²) in [5.74, 6) is -0.150. The second-order valence-electron chi connectivity index (χ2n) is 8.03. The highest BCUT2D eigenvalue weighted by Gasteiger charge is 2.41. The predicted molar refractivity (Wildman–Crippen MR) is 103 cm³/mol. The van der Waals surface area contributed by atoms with Gasteiger partial charge in [0, 0.05) is 12.3 Å². The summed E-state index contributed by atoms with van der Waals surface area (Å²) in [6.07, 6.45) is 0.972. The van der Waals surface area contributed by atoms with Gasteiger partial charge in [-0.2, -0.15) is 0 Å². The minimum absolute atomic E-state index is 0.0231. The molecule has 0 bridgehead atoms. The number of carbonyl (C=O) groups excluding carboxylic acids is 1. The van der Waals surface area contributed by atoms with Crippen LogP contribution in [0.1, 0.15) is 43.7 Å². The first kappa shape index (κ1) is 18.1. The molecule has 0 amide bonds. The fraction of sp³-hybridized carbons (Fsp3) is 0.350. The molecule has 4 rings (SSSR count). The van der Waals surface area contributed by atoms with E-state index in [9.17, 15) is 19.5 Å². The highest BCUT2D eigenvalue weighted by atomic mass is 16.5. The lowest BCUT2D eigenvalue weighted by molar-refractivity contribution is -0.118. The van der Waals surface area contributed by atoms with Gasteiger partial charge in [0.25, 0.3) is 5.56 Å². The number of anilines is 1. The third-order valence-electron chi connectivity index (χ3n) is 5.31. The molecule has 0 radical (unpaired) electrons. The molecule has 4 N–H and O–H groups in total. The number of aromatic nitrogens is 2. The number of hydrogen-bond donors (Lipinski definition) is 4. The zero-order valence-electron chi connectivity index (χ0n) is 15.8. The number of allylic oxidation sites excluding steroid dienone is 2. The summed E-state index contributed by atoms with van der Waals surface area (Å²) in [4.78, 5) is 42.2. The largest absolute Gasteiger partial charge is 0.504 e. The van der Waals surface area contributed by atoms with Gasteiger partial charge in [-0.1, -0.05) is 19.9 Å². The van der Waals surface area contributed by atoms with Crippen LogP contribution in [0, 0.1) is 5.41 Å². The Labute approximate surface area is 160 Å². The summed E-state index contributed by atoms with van der Waals surface area (Å²) < 4.78 is 5.22. The van der Waals surface area contributed by atoms with Crippen molar-refractivity contribution in [3.63, 3.8) is 0 Å². The summed E-state index contributed by atoms with van der Waals surface area (Å²) in [6.45, 7) is 4.02. The number of ketones is 1. The van der Waals surface area contributed by atoms with Crippen molar-refractivity contribution in [3.8, 4) is 11.5 Å². The minimum Gasteiger partial charge on any atom is -0.504 e. The first-order chi connectivity index (χ1) is 13.2. The van der Waals surface area contributed by atoms with Crippen LogP contribution in [-0.4, -0.2) is 28.0 Å². The van der Waals surface area contributed by atoms with E-state index in [1.807, 2.05) is 13.8 Å². The average Bonchev–Trinajstić information content (AvgIpc) is 2.60. The van der Waals surface area contributed by atoms with E-state index in [1.165, 1.54) is 13.2 Å². The van der Waals surface area contributed by atoms with Crippen LogP contribution in [0.5, 0.6) is 11.5 Å². The van der Waals surface area contributed by atoms with E-state index in [-0.39, 0.29) is 28.5 Å². The Bertz CT molecular complexity index is 1140. The summed E-state index contributed by atoms with van der Waals surface area (Å²) in [6, 6.07) is 4.83. The Morgan fingerprint density at radius 1 is 1.14 bits per heavy atom. The second-order valence-corrected chi connectivity index (χ2v) is 8.03. The lowest BCUT2D eigenvalue weighted by atomic mass is 9.68. The number of fused-ring (bicyclic) bond motifs is 1. The third-order valence-corrected chi connectivity index (χ3v) is 5.31. The standard InChI is InChI=1S/C20H21N3O5/c1-20(2)7-10-14(9-4-5-11(24)13(6-9)28-3)15-17(21-16(10)12(25)8-20)22-19(27)23-18(15)26/h4-6,14,24H,7-8H2,1-3H3,(H3,21,22,23,26,27)/t14-/m1/s1. The molecule has 2 aliphatic rings. The van der Waals surface area contributed by atoms with Crippen molar-refractivity contribution < 1.29 is 14.6 Å². The lowest BCUT2D eigenvalue weighted by Crippen LogP contribution is -2.38. The molecule has 0 unspecified atom stereocenters. The molecule has 1 atom stereocenters. The van der Waals surface area contributed by atoms with Crippen LogP contribution in [0.15, 0.2) is 39.1 Å². The number of H-pyrrole nitrogens is 2. The Kier molecular flexibility index (Phi) is 3.95. The molecule has 0 fully saturated rings. The second kappa shape index (κ2) is 6.12. The zero-order chi connectivity index (χ0) is 20.2. The molecule has 2 heterocycles. The molecular weight excluding hydrogens is 362 g/mol. The van der Waals surface area contributed by atoms with Gasteiger partial charge in [0.2, 0.25) is 0 Å². The summed E-state index contributed by atoms with van der Waals surface area (Å²) in [5.41, 5.74) is 0.800. The molecule has 28 heavy (non-hydrogen) atoms. The average molecular weight is 383 g/mol. The Balaban J connectivity index is 2.01. The highest BCUT2D eigenvalue weighted by molar-refractivity contribution is 6.01. The van der Waals surface area contributed by atoms with Crippen LogP contribution in [0.2, 0.25) is 0 Å². The number of aromatic hydroxyl groups is 1. The molecule has 1 aromatic heterocycles. The van der Waals surface area contributed by atoms with Gasteiger partial charge in [-0.15, -0.1) is 0 Å². The third kappa shape index (κ3) is 2.81. The molecule has 8 heteroatoms. The maximum atomic E-state index is 12.8. The number of phenols is 1. The van der Waals surface area contributed by atoms with Crippen LogP contribution in [0.4, 0.5) is 5.82 Å². The van der Waals surface area contributed by atoms with Crippen LogP contribution in [0.3, 0.4) is 0 Å². The summed E-state index contributed by atoms with van der Waals surface area (Å²) in [5, 5.41) is 12.9. The maximum absolute atomic E-state index is 12.8. The first-order valence-corrected chi connectivity index (χ1v) is 8.97. The predicted octanol–water partition coefficient (Wildman–Crippen LogP) is 1.98. The molecule has 0 spiro atoms. The molecule has 1 aromatic carbocycles. The SMILES string of the molecule is COc1cc([C@@H]2C3=C(Nc4[nH]c(=O)[nH]c(=O)c42)C(=O)CC(C)(C)C3)ccc1O. The monoisotopic (exact) mass is 383 g/mol. The summed E-state index contributed by atoms with van der Waals surface area (Å²) in [7, 11) is 1.44. The van der Waals surface area contributed by atoms with Gasteiger partial charge in [-0.3, -0.25) is 19.6 Å². The normalized spacial score (nSPS) is 20.2. The van der Waals surface area contributed by atoms with E-state index in [1.54, 1.807) is 12.1 Å². The van der Waals surface area contributed by atoms with Crippen LogP contribution in [-0.2, 0) is 4.79 Å². The molecule has 1 aliphatic carbocycles. The maximum Gasteiger partial charge on any atom is 0.327 e. The number of hydrogen-bond acceptors (Lipinski definition) is 6. The molecule has 1 aliphatic heterocycles. The quantitative estimate of drug-likeness (QED) is 0.629. The fourth-order valence-electron chi connectivity index (χ4n) is 4.18. The number of rotatable bonds is 2.